The van der Waals surface area contributed by atoms with Gasteiger partial charge in [-0.3, -0.25) is 4.79 Å². The number of aliphatic hydroxyl groups excluding tert-OH is 1. The lowest BCUT2D eigenvalue weighted by atomic mass is 10.0. The van der Waals surface area contributed by atoms with Crippen LogP contribution in [0.1, 0.15) is 245 Å². The van der Waals surface area contributed by atoms with Crippen LogP contribution in [0.4, 0.5) is 0 Å². The van der Waals surface area contributed by atoms with E-state index in [1.54, 1.807) is 0 Å². The molecule has 0 aromatic carbocycles. The van der Waals surface area contributed by atoms with Gasteiger partial charge in [-0.1, -0.05) is 204 Å². The highest BCUT2D eigenvalue weighted by atomic mass is 16.6. The summed E-state index contributed by atoms with van der Waals surface area (Å²) in [5.41, 5.74) is 0. The fraction of sp³-hybridized carbons (Fsp3) is 0.857. The molecule has 0 fully saturated rings. The van der Waals surface area contributed by atoms with Gasteiger partial charge in [-0.05, 0) is 70.6 Å². The van der Waals surface area contributed by atoms with Crippen molar-refractivity contribution in [3.05, 3.63) is 36.5 Å². The van der Waals surface area contributed by atoms with Crippen LogP contribution in [-0.2, 0) is 14.3 Å². The second-order valence-electron chi connectivity index (χ2n) is 15.8. The van der Waals surface area contributed by atoms with Crippen molar-refractivity contribution in [2.45, 2.75) is 251 Å². The van der Waals surface area contributed by atoms with Crippen molar-refractivity contribution in [1.82, 2.24) is 0 Å². The molecule has 1 unspecified atom stereocenters. The number of hydrogen-bond acceptors (Lipinski definition) is 4. The van der Waals surface area contributed by atoms with Crippen molar-refractivity contribution in [2.24, 2.45) is 0 Å². The number of rotatable bonds is 44. The normalized spacial score (nSPS) is 12.6. The summed E-state index contributed by atoms with van der Waals surface area (Å²) in [4.78, 5) is 12.2. The van der Waals surface area contributed by atoms with Crippen molar-refractivity contribution < 1.29 is 19.4 Å². The topological polar surface area (TPSA) is 55.8 Å². The van der Waals surface area contributed by atoms with Crippen molar-refractivity contribution in [3.8, 4) is 0 Å². The van der Waals surface area contributed by atoms with Crippen LogP contribution >= 0.6 is 0 Å². The van der Waals surface area contributed by atoms with Gasteiger partial charge < -0.3 is 14.6 Å². The lowest BCUT2D eigenvalue weighted by molar-refractivity contribution is -0.154. The van der Waals surface area contributed by atoms with Crippen molar-refractivity contribution in [3.63, 3.8) is 0 Å². The number of carbonyl (C=O) groups is 1. The van der Waals surface area contributed by atoms with Gasteiger partial charge in [0.05, 0.1) is 13.2 Å². The Balaban J connectivity index is 3.39. The number of hydrogen-bond donors (Lipinski definition) is 1. The summed E-state index contributed by atoms with van der Waals surface area (Å²) >= 11 is 0. The zero-order valence-corrected chi connectivity index (χ0v) is 35.8. The van der Waals surface area contributed by atoms with E-state index in [4.69, 9.17) is 9.47 Å². The van der Waals surface area contributed by atoms with Gasteiger partial charge >= 0.3 is 5.97 Å². The molecule has 53 heavy (non-hydrogen) atoms. The quantitative estimate of drug-likeness (QED) is 0.0383. The van der Waals surface area contributed by atoms with Gasteiger partial charge in [-0.2, -0.15) is 0 Å². The van der Waals surface area contributed by atoms with Crippen molar-refractivity contribution in [2.75, 3.05) is 19.8 Å². The first-order chi connectivity index (χ1) is 26.2. The van der Waals surface area contributed by atoms with Crippen LogP contribution < -0.4 is 0 Å². The summed E-state index contributed by atoms with van der Waals surface area (Å²) in [6.07, 6.45) is 59.4. The molecular formula is C49H92O4. The van der Waals surface area contributed by atoms with Crippen LogP contribution in [0.2, 0.25) is 0 Å². The lowest BCUT2D eigenvalue weighted by Crippen LogP contribution is -2.27. The molecular weight excluding hydrogens is 653 g/mol. The van der Waals surface area contributed by atoms with Crippen LogP contribution in [0.25, 0.3) is 0 Å². The van der Waals surface area contributed by atoms with Crippen LogP contribution in [-0.4, -0.2) is 37.0 Å². The Morgan fingerprint density at radius 2 is 0.792 bits per heavy atom. The third-order valence-corrected chi connectivity index (χ3v) is 10.4. The first kappa shape index (κ1) is 51.6. The number of allylic oxidation sites excluding steroid dienone is 6. The molecule has 0 rings (SSSR count). The van der Waals surface area contributed by atoms with E-state index in [1.807, 2.05) is 0 Å². The molecule has 312 valence electrons. The molecule has 0 aromatic heterocycles. The van der Waals surface area contributed by atoms with Crippen molar-refractivity contribution >= 4 is 5.97 Å². The molecule has 1 N–H and O–H groups in total. The summed E-state index contributed by atoms with van der Waals surface area (Å²) in [7, 11) is 0. The van der Waals surface area contributed by atoms with E-state index in [9.17, 15) is 9.90 Å². The van der Waals surface area contributed by atoms with Gasteiger partial charge in [0, 0.05) is 13.0 Å². The molecule has 0 amide bonds. The second-order valence-corrected chi connectivity index (χ2v) is 15.8. The van der Waals surface area contributed by atoms with Gasteiger partial charge in [-0.25, -0.2) is 0 Å². The maximum absolute atomic E-state index is 12.2. The first-order valence-corrected chi connectivity index (χ1v) is 23.6. The van der Waals surface area contributed by atoms with Gasteiger partial charge in [0.1, 0.15) is 6.10 Å². The standard InChI is InChI=1S/C49H92O4/c1-3-5-7-9-11-13-15-17-19-21-22-23-24-25-26-27-28-29-30-32-34-36-38-40-42-44-49(51)53-48(46-50)47-52-45-43-41-39-37-35-33-31-20-18-16-14-12-10-8-6-4-2/h12,14,18,20-22,48,50H,3-11,13,15-17,19,23-47H2,1-2H3/b14-12-,20-18-,22-21-. The summed E-state index contributed by atoms with van der Waals surface area (Å²) in [5, 5.41) is 9.62. The molecule has 0 bridgehead atoms. The SMILES string of the molecule is CCCCC/C=C\C/C=C\CCCCCCCCOCC(CO)OC(=O)CCCCCCCCCCCCCCC/C=C\CCCCCCCCCC. The van der Waals surface area contributed by atoms with E-state index in [0.29, 0.717) is 19.6 Å². The second kappa shape index (κ2) is 46.8. The maximum Gasteiger partial charge on any atom is 0.306 e. The molecule has 0 aromatic rings. The number of ether oxygens (including phenoxy) is 2. The first-order valence-electron chi connectivity index (χ1n) is 23.6. The number of esters is 1. The third kappa shape index (κ3) is 44.9. The minimum absolute atomic E-state index is 0.174. The van der Waals surface area contributed by atoms with Gasteiger partial charge in [0.15, 0.2) is 0 Å². The summed E-state index contributed by atoms with van der Waals surface area (Å²) in [5.74, 6) is -0.202. The summed E-state index contributed by atoms with van der Waals surface area (Å²) < 4.78 is 11.2. The minimum atomic E-state index is -0.538. The van der Waals surface area contributed by atoms with Gasteiger partial charge in [0.2, 0.25) is 0 Å². The Kier molecular flexibility index (Phi) is 45.5. The van der Waals surface area contributed by atoms with Crippen molar-refractivity contribution in [1.29, 1.82) is 0 Å². The smallest absolute Gasteiger partial charge is 0.306 e. The predicted molar refractivity (Wildman–Crippen MR) is 233 cm³/mol. The van der Waals surface area contributed by atoms with E-state index in [-0.39, 0.29) is 12.6 Å². The molecule has 0 spiro atoms. The van der Waals surface area contributed by atoms with Crippen LogP contribution in [0.5, 0.6) is 0 Å². The number of carbonyl (C=O) groups excluding carboxylic acids is 1. The molecule has 0 saturated carbocycles. The lowest BCUT2D eigenvalue weighted by Gasteiger charge is -2.15. The number of unbranched alkanes of at least 4 members (excludes halogenated alkanes) is 30. The Bertz CT molecular complexity index is 787. The van der Waals surface area contributed by atoms with E-state index in [2.05, 4.69) is 50.3 Å². The average Bonchev–Trinajstić information content (AvgIpc) is 3.16. The van der Waals surface area contributed by atoms with E-state index >= 15 is 0 Å². The highest BCUT2D eigenvalue weighted by Crippen LogP contribution is 2.15. The molecule has 1 atom stereocenters. The zero-order chi connectivity index (χ0) is 38.4. The fourth-order valence-corrected chi connectivity index (χ4v) is 6.88. The van der Waals surface area contributed by atoms with E-state index in [1.165, 1.54) is 199 Å². The highest BCUT2D eigenvalue weighted by Gasteiger charge is 2.13. The molecule has 0 aliphatic rings. The average molecular weight is 745 g/mol. The van der Waals surface area contributed by atoms with E-state index in [0.717, 1.165) is 25.7 Å². The molecule has 0 aliphatic carbocycles. The van der Waals surface area contributed by atoms with Crippen LogP contribution in [0, 0.1) is 0 Å². The molecule has 0 aliphatic heterocycles. The summed E-state index contributed by atoms with van der Waals surface area (Å²) in [6, 6.07) is 0. The summed E-state index contributed by atoms with van der Waals surface area (Å²) in [6.45, 7) is 5.33. The largest absolute Gasteiger partial charge is 0.457 e. The van der Waals surface area contributed by atoms with Gasteiger partial charge in [0.25, 0.3) is 0 Å². The highest BCUT2D eigenvalue weighted by molar-refractivity contribution is 5.69. The molecule has 0 heterocycles. The molecule has 0 saturated heterocycles. The maximum atomic E-state index is 12.2. The Morgan fingerprint density at radius 1 is 0.453 bits per heavy atom. The molecule has 4 nitrogen and oxygen atoms in total. The zero-order valence-electron chi connectivity index (χ0n) is 35.8. The third-order valence-electron chi connectivity index (χ3n) is 10.4. The monoisotopic (exact) mass is 745 g/mol. The van der Waals surface area contributed by atoms with Gasteiger partial charge in [-0.15, -0.1) is 0 Å². The predicted octanol–water partition coefficient (Wildman–Crippen LogP) is 15.7. The molecule has 4 heteroatoms. The van der Waals surface area contributed by atoms with Crippen LogP contribution in [0.15, 0.2) is 36.5 Å². The number of aliphatic hydroxyl groups is 1. The Hall–Kier alpha value is -1.39. The Morgan fingerprint density at radius 3 is 1.23 bits per heavy atom. The van der Waals surface area contributed by atoms with Crippen LogP contribution in [0.3, 0.4) is 0 Å². The minimum Gasteiger partial charge on any atom is -0.457 e. The molecule has 0 radical (unpaired) electrons. The van der Waals surface area contributed by atoms with E-state index < -0.39 is 6.10 Å². The fourth-order valence-electron chi connectivity index (χ4n) is 6.88. The Labute approximate surface area is 331 Å².